The molecule has 0 fully saturated rings. The first kappa shape index (κ1) is 12.1. The van der Waals surface area contributed by atoms with Crippen LogP contribution in [0.5, 0.6) is 0 Å². The number of hydrogen-bond acceptors (Lipinski definition) is 7. The van der Waals surface area contributed by atoms with Crippen LogP contribution in [0.3, 0.4) is 0 Å². The molecule has 0 aliphatic carbocycles. The van der Waals surface area contributed by atoms with Gasteiger partial charge >= 0.3 is 5.97 Å². The summed E-state index contributed by atoms with van der Waals surface area (Å²) in [6.45, 7) is -0.125. The summed E-state index contributed by atoms with van der Waals surface area (Å²) in [6, 6.07) is 0. The minimum atomic E-state index is -1.01. The summed E-state index contributed by atoms with van der Waals surface area (Å²) in [5, 5.41) is 13.6. The van der Waals surface area contributed by atoms with Crippen molar-refractivity contribution in [3.63, 3.8) is 0 Å². The maximum atomic E-state index is 10.5. The van der Waals surface area contributed by atoms with Crippen LogP contribution in [0.2, 0.25) is 0 Å². The Morgan fingerprint density at radius 2 is 2.50 bits per heavy atom. The molecule has 1 aromatic heterocycles. The fraction of sp³-hybridized carbons (Fsp3) is 0.250. The summed E-state index contributed by atoms with van der Waals surface area (Å²) in [5.41, 5.74) is 5.49. The number of thiazole rings is 1. The van der Waals surface area contributed by atoms with E-state index < -0.39 is 5.97 Å². The minimum absolute atomic E-state index is 0.125. The molecule has 0 spiro atoms. The zero-order chi connectivity index (χ0) is 12.0. The molecule has 16 heavy (non-hydrogen) atoms. The molecule has 0 aliphatic heterocycles. The van der Waals surface area contributed by atoms with Gasteiger partial charge in [0.1, 0.15) is 12.3 Å². The van der Waals surface area contributed by atoms with Gasteiger partial charge in [0.15, 0.2) is 10.8 Å². The van der Waals surface area contributed by atoms with Crippen molar-refractivity contribution in [1.82, 2.24) is 4.98 Å². The maximum Gasteiger partial charge on any atom is 0.306 e. The third-order valence-electron chi connectivity index (χ3n) is 1.42. The number of aliphatic carboxylic acids is 1. The number of nitrogens with zero attached hydrogens (tertiary/aromatic N) is 2. The molecule has 0 bridgehead atoms. The number of carboxylic acids is 1. The van der Waals surface area contributed by atoms with Gasteiger partial charge in [-0.25, -0.2) is 4.98 Å². The first-order valence-electron chi connectivity index (χ1n) is 4.14. The smallest absolute Gasteiger partial charge is 0.306 e. The number of hydrogen-bond donors (Lipinski definition) is 2. The zero-order valence-corrected chi connectivity index (χ0v) is 8.86. The molecule has 0 atom stereocenters. The van der Waals surface area contributed by atoms with Crippen LogP contribution in [-0.2, 0) is 14.4 Å². The lowest BCUT2D eigenvalue weighted by molar-refractivity contribution is -0.138. The third kappa shape index (κ3) is 3.65. The number of carbonyl (C=O) groups is 1. The van der Waals surface area contributed by atoms with E-state index in [1.165, 1.54) is 11.7 Å². The molecule has 0 aliphatic rings. The normalized spacial score (nSPS) is 11.1. The van der Waals surface area contributed by atoms with Gasteiger partial charge in [-0.1, -0.05) is 5.16 Å². The van der Waals surface area contributed by atoms with Crippen molar-refractivity contribution in [3.8, 4) is 0 Å². The number of carboxylic acid groups (broad SMARTS) is 1. The van der Waals surface area contributed by atoms with Gasteiger partial charge in [0.25, 0.3) is 6.29 Å². The van der Waals surface area contributed by atoms with Crippen molar-refractivity contribution in [2.24, 2.45) is 5.16 Å². The fourth-order valence-corrected chi connectivity index (χ4v) is 1.30. The van der Waals surface area contributed by atoms with Crippen molar-refractivity contribution in [2.75, 3.05) is 12.3 Å². The van der Waals surface area contributed by atoms with Crippen molar-refractivity contribution in [3.05, 3.63) is 11.1 Å². The highest BCUT2D eigenvalue weighted by Crippen LogP contribution is 2.11. The van der Waals surface area contributed by atoms with Crippen molar-refractivity contribution < 1.29 is 19.5 Å². The molecule has 1 aromatic rings. The number of nitrogen functional groups attached to an aromatic ring is 1. The van der Waals surface area contributed by atoms with E-state index in [-0.39, 0.29) is 24.4 Å². The van der Waals surface area contributed by atoms with Crippen LogP contribution in [0.25, 0.3) is 0 Å². The summed E-state index contributed by atoms with van der Waals surface area (Å²) in [5.74, 6) is -1.01. The lowest BCUT2D eigenvalue weighted by atomic mass is 10.3. The van der Waals surface area contributed by atoms with Crippen LogP contribution in [0.15, 0.2) is 10.5 Å². The van der Waals surface area contributed by atoms with E-state index in [9.17, 15) is 9.59 Å². The Hall–Kier alpha value is -1.96. The van der Waals surface area contributed by atoms with Crippen LogP contribution >= 0.6 is 11.3 Å². The van der Waals surface area contributed by atoms with Gasteiger partial charge in [-0.15, -0.1) is 11.3 Å². The molecule has 1 radical (unpaired) electrons. The average Bonchev–Trinajstić information content (AvgIpc) is 2.64. The van der Waals surface area contributed by atoms with Gasteiger partial charge in [-0.05, 0) is 0 Å². The van der Waals surface area contributed by atoms with Crippen LogP contribution in [0, 0.1) is 0 Å². The fourth-order valence-electron chi connectivity index (χ4n) is 0.757. The third-order valence-corrected chi connectivity index (χ3v) is 2.10. The Labute approximate surface area is 94.5 Å². The Morgan fingerprint density at radius 1 is 1.75 bits per heavy atom. The van der Waals surface area contributed by atoms with Crippen molar-refractivity contribution in [1.29, 1.82) is 0 Å². The molecule has 7 nitrogen and oxygen atoms in total. The monoisotopic (exact) mass is 242 g/mol. The van der Waals surface area contributed by atoms with Crippen LogP contribution in [0.4, 0.5) is 5.13 Å². The van der Waals surface area contributed by atoms with E-state index in [1.54, 1.807) is 0 Å². The molecule has 0 amide bonds. The van der Waals surface area contributed by atoms with Crippen LogP contribution in [0.1, 0.15) is 12.1 Å². The summed E-state index contributed by atoms with van der Waals surface area (Å²) in [6.07, 6.45) is 1.34. The molecule has 1 heterocycles. The lowest BCUT2D eigenvalue weighted by Crippen LogP contribution is -2.06. The van der Waals surface area contributed by atoms with Gasteiger partial charge in [-0.3, -0.25) is 9.59 Å². The quantitative estimate of drug-likeness (QED) is 0.413. The largest absolute Gasteiger partial charge is 0.481 e. The minimum Gasteiger partial charge on any atom is -0.481 e. The maximum absolute atomic E-state index is 10.5. The highest BCUT2D eigenvalue weighted by molar-refractivity contribution is 7.13. The van der Waals surface area contributed by atoms with E-state index in [0.29, 0.717) is 5.13 Å². The van der Waals surface area contributed by atoms with E-state index in [1.807, 2.05) is 0 Å². The summed E-state index contributed by atoms with van der Waals surface area (Å²) < 4.78 is 0. The van der Waals surface area contributed by atoms with Gasteiger partial charge < -0.3 is 15.7 Å². The molecule has 0 saturated carbocycles. The molecule has 3 N–H and O–H groups in total. The number of oxime groups is 1. The lowest BCUT2D eigenvalue weighted by Gasteiger charge is -1.96. The van der Waals surface area contributed by atoms with Crippen LogP contribution < -0.4 is 5.73 Å². The second-order valence-electron chi connectivity index (χ2n) is 2.59. The number of carbonyl (C=O) groups excluding carboxylic acids is 1. The van der Waals surface area contributed by atoms with Crippen LogP contribution in [-0.4, -0.2) is 34.7 Å². The zero-order valence-electron chi connectivity index (χ0n) is 8.04. The summed E-state index contributed by atoms with van der Waals surface area (Å²) in [7, 11) is 0. The van der Waals surface area contributed by atoms with E-state index in [4.69, 9.17) is 10.8 Å². The second kappa shape index (κ2) is 5.81. The summed E-state index contributed by atoms with van der Waals surface area (Å²) >= 11 is 1.15. The van der Waals surface area contributed by atoms with E-state index in [2.05, 4.69) is 15.0 Å². The van der Waals surface area contributed by atoms with Gasteiger partial charge in [0, 0.05) is 5.38 Å². The topological polar surface area (TPSA) is 115 Å². The highest BCUT2D eigenvalue weighted by atomic mass is 32.1. The van der Waals surface area contributed by atoms with Gasteiger partial charge in [0.05, 0.1) is 6.42 Å². The molecule has 85 valence electrons. The number of rotatable bonds is 6. The Kier molecular flexibility index (Phi) is 4.40. The number of nitrogens with two attached hydrogens (primary N) is 1. The molecule has 0 aromatic carbocycles. The summed E-state index contributed by atoms with van der Waals surface area (Å²) in [4.78, 5) is 29.1. The van der Waals surface area contributed by atoms with Gasteiger partial charge in [0.2, 0.25) is 0 Å². The Morgan fingerprint density at radius 3 is 3.00 bits per heavy atom. The predicted octanol–water partition coefficient (Wildman–Crippen LogP) is 0.0304. The predicted molar refractivity (Wildman–Crippen MR) is 57.0 cm³/mol. The van der Waals surface area contributed by atoms with E-state index >= 15 is 0 Å². The molecule has 1 rings (SSSR count). The van der Waals surface area contributed by atoms with Gasteiger partial charge in [-0.2, -0.15) is 0 Å². The SMILES string of the molecule is Nc1nc(C([C]=O)=NOCCC(=O)O)cs1. The molecular weight excluding hydrogens is 234 g/mol. The molecule has 0 unspecified atom stereocenters. The first-order chi connectivity index (χ1) is 7.63. The standard InChI is InChI=1S/C8H8N3O4S/c9-8-10-6(4-16-8)5(3-12)11-15-2-1-7(13)14/h4H,1-2H2,(H2,9,10)(H,13,14). The highest BCUT2D eigenvalue weighted by Gasteiger charge is 2.08. The average molecular weight is 242 g/mol. The number of aromatic nitrogens is 1. The number of anilines is 1. The first-order valence-corrected chi connectivity index (χ1v) is 5.02. The van der Waals surface area contributed by atoms with Crippen molar-refractivity contribution in [2.45, 2.75) is 6.42 Å². The Bertz CT molecular complexity index is 415. The molecular formula is C8H8N3O4S. The Balaban J connectivity index is 2.57. The second-order valence-corrected chi connectivity index (χ2v) is 3.48. The van der Waals surface area contributed by atoms with E-state index in [0.717, 1.165) is 11.3 Å². The molecule has 0 saturated heterocycles. The molecule has 8 heteroatoms. The van der Waals surface area contributed by atoms with Crippen molar-refractivity contribution >= 4 is 34.4 Å².